The Bertz CT molecular complexity index is 580. The molecule has 0 radical (unpaired) electrons. The Morgan fingerprint density at radius 3 is 2.71 bits per heavy atom. The molecule has 0 aliphatic heterocycles. The summed E-state index contributed by atoms with van der Waals surface area (Å²) in [5.74, 6) is 1.47. The Kier molecular flexibility index (Phi) is 4.36. The van der Waals surface area contributed by atoms with E-state index in [1.807, 2.05) is 24.3 Å². The van der Waals surface area contributed by atoms with E-state index in [0.29, 0.717) is 12.5 Å². The third-order valence-corrected chi connectivity index (χ3v) is 3.53. The number of nitrogens with zero attached hydrogens (tertiary/aromatic N) is 1. The van der Waals surface area contributed by atoms with Gasteiger partial charge in [-0.2, -0.15) is 0 Å². The number of hydrogen-bond acceptors (Lipinski definition) is 4. The third kappa shape index (κ3) is 3.95. The first-order valence-corrected chi connectivity index (χ1v) is 7.28. The van der Waals surface area contributed by atoms with Gasteiger partial charge in [-0.3, -0.25) is 0 Å². The smallest absolute Gasteiger partial charge is 0.219 e. The molecule has 0 saturated heterocycles. The quantitative estimate of drug-likeness (QED) is 0.849. The summed E-state index contributed by atoms with van der Waals surface area (Å²) in [7, 11) is 1.62. The molecule has 1 aromatic carbocycles. The molecule has 1 N–H and O–H groups in total. The highest BCUT2D eigenvalue weighted by molar-refractivity contribution is 5.29. The van der Waals surface area contributed by atoms with E-state index in [9.17, 15) is 0 Å². The fraction of sp³-hybridized carbons (Fsp3) is 0.353. The lowest BCUT2D eigenvalue weighted by Crippen LogP contribution is -2.15. The van der Waals surface area contributed by atoms with E-state index in [2.05, 4.69) is 22.4 Å². The fourth-order valence-corrected chi connectivity index (χ4v) is 2.13. The van der Waals surface area contributed by atoms with Crippen LogP contribution in [0.4, 0.5) is 0 Å². The van der Waals surface area contributed by atoms with Crippen molar-refractivity contribution in [3.63, 3.8) is 0 Å². The van der Waals surface area contributed by atoms with Crippen LogP contribution in [-0.4, -0.2) is 18.1 Å². The second-order valence-electron chi connectivity index (χ2n) is 5.26. The van der Waals surface area contributed by atoms with E-state index in [0.717, 1.165) is 23.9 Å². The number of benzene rings is 1. The summed E-state index contributed by atoms with van der Waals surface area (Å²) in [6.45, 7) is 1.39. The number of aromatic nitrogens is 1. The summed E-state index contributed by atoms with van der Waals surface area (Å²) in [6, 6.07) is 12.8. The lowest BCUT2D eigenvalue weighted by atomic mass is 10.2. The largest absolute Gasteiger partial charge is 0.489 e. The molecule has 4 nitrogen and oxygen atoms in total. The summed E-state index contributed by atoms with van der Waals surface area (Å²) in [4.78, 5) is 4.16. The first-order valence-electron chi connectivity index (χ1n) is 7.28. The van der Waals surface area contributed by atoms with Crippen LogP contribution in [0.25, 0.3) is 0 Å². The number of ether oxygens (including phenoxy) is 2. The van der Waals surface area contributed by atoms with Crippen LogP contribution >= 0.6 is 0 Å². The number of pyridine rings is 1. The Balaban J connectivity index is 1.54. The highest BCUT2D eigenvalue weighted by atomic mass is 16.5. The van der Waals surface area contributed by atoms with Crippen LogP contribution in [0, 0.1) is 0 Å². The van der Waals surface area contributed by atoms with Crippen LogP contribution in [0.5, 0.6) is 11.6 Å². The molecule has 21 heavy (non-hydrogen) atoms. The highest BCUT2D eigenvalue weighted by Crippen LogP contribution is 2.21. The van der Waals surface area contributed by atoms with Crippen molar-refractivity contribution in [3.05, 3.63) is 53.7 Å². The van der Waals surface area contributed by atoms with Crippen LogP contribution in [-0.2, 0) is 13.2 Å². The predicted molar refractivity (Wildman–Crippen MR) is 81.4 cm³/mol. The molecule has 0 unspecified atom stereocenters. The van der Waals surface area contributed by atoms with Crippen LogP contribution in [0.1, 0.15) is 24.0 Å². The zero-order valence-electron chi connectivity index (χ0n) is 12.2. The van der Waals surface area contributed by atoms with Gasteiger partial charge < -0.3 is 14.8 Å². The van der Waals surface area contributed by atoms with Crippen molar-refractivity contribution in [3.8, 4) is 11.6 Å². The van der Waals surface area contributed by atoms with Crippen molar-refractivity contribution >= 4 is 0 Å². The van der Waals surface area contributed by atoms with Crippen molar-refractivity contribution in [2.24, 2.45) is 0 Å². The van der Waals surface area contributed by atoms with Gasteiger partial charge in [-0.05, 0) is 42.7 Å². The molecule has 1 aliphatic carbocycles. The zero-order chi connectivity index (χ0) is 14.5. The Hall–Kier alpha value is -2.07. The van der Waals surface area contributed by atoms with Gasteiger partial charge in [0.2, 0.25) is 5.88 Å². The molecule has 1 saturated carbocycles. The zero-order valence-corrected chi connectivity index (χ0v) is 12.2. The molecule has 0 amide bonds. The average Bonchev–Trinajstić information content (AvgIpc) is 3.36. The molecule has 0 atom stereocenters. The van der Waals surface area contributed by atoms with Crippen molar-refractivity contribution in [1.82, 2.24) is 10.3 Å². The second kappa shape index (κ2) is 6.59. The van der Waals surface area contributed by atoms with E-state index in [4.69, 9.17) is 9.47 Å². The van der Waals surface area contributed by atoms with Crippen molar-refractivity contribution in [2.45, 2.75) is 32.0 Å². The van der Waals surface area contributed by atoms with Gasteiger partial charge >= 0.3 is 0 Å². The molecule has 0 spiro atoms. The second-order valence-corrected chi connectivity index (χ2v) is 5.26. The van der Waals surface area contributed by atoms with Gasteiger partial charge in [0.1, 0.15) is 12.4 Å². The molecule has 110 valence electrons. The Morgan fingerprint density at radius 1 is 1.19 bits per heavy atom. The van der Waals surface area contributed by atoms with Crippen LogP contribution in [0.2, 0.25) is 0 Å². The molecule has 1 aliphatic rings. The molecule has 3 rings (SSSR count). The number of nitrogens with one attached hydrogen (secondary N) is 1. The normalized spacial score (nSPS) is 14.0. The van der Waals surface area contributed by atoms with Gasteiger partial charge in [-0.1, -0.05) is 12.1 Å². The molecular weight excluding hydrogens is 264 g/mol. The molecule has 1 heterocycles. The average molecular weight is 284 g/mol. The lowest BCUT2D eigenvalue weighted by molar-refractivity contribution is 0.294. The van der Waals surface area contributed by atoms with Crippen LogP contribution in [0.15, 0.2) is 42.6 Å². The fourth-order valence-electron chi connectivity index (χ4n) is 2.13. The highest BCUT2D eigenvalue weighted by Gasteiger charge is 2.19. The summed E-state index contributed by atoms with van der Waals surface area (Å²) in [6.07, 6.45) is 4.34. The predicted octanol–water partition coefficient (Wildman–Crippen LogP) is 2.92. The standard InChI is InChI=1S/C17H20N2O2/c1-20-17-14(3-2-10-18-17)12-21-16-8-4-13(5-9-16)11-19-15-6-7-15/h2-5,8-10,15,19H,6-7,11-12H2,1H3. The van der Waals surface area contributed by atoms with Gasteiger partial charge in [0.05, 0.1) is 12.7 Å². The van der Waals surface area contributed by atoms with Crippen molar-refractivity contribution < 1.29 is 9.47 Å². The summed E-state index contributed by atoms with van der Waals surface area (Å²) in [5.41, 5.74) is 2.23. The summed E-state index contributed by atoms with van der Waals surface area (Å²) >= 11 is 0. The van der Waals surface area contributed by atoms with Gasteiger partial charge in [0.15, 0.2) is 0 Å². The number of rotatable bonds is 7. The Labute approximate surface area is 125 Å². The maximum atomic E-state index is 5.79. The van der Waals surface area contributed by atoms with E-state index >= 15 is 0 Å². The van der Waals surface area contributed by atoms with E-state index in [-0.39, 0.29) is 0 Å². The lowest BCUT2D eigenvalue weighted by Gasteiger charge is -2.10. The molecule has 4 heteroatoms. The minimum atomic E-state index is 0.455. The van der Waals surface area contributed by atoms with E-state index in [1.54, 1.807) is 13.3 Å². The summed E-state index contributed by atoms with van der Waals surface area (Å²) < 4.78 is 11.0. The maximum absolute atomic E-state index is 5.79. The summed E-state index contributed by atoms with van der Waals surface area (Å²) in [5, 5.41) is 3.50. The van der Waals surface area contributed by atoms with Crippen LogP contribution in [0.3, 0.4) is 0 Å². The SMILES string of the molecule is COc1ncccc1COc1ccc(CNC2CC2)cc1. The molecule has 2 aromatic rings. The molecule has 1 fully saturated rings. The van der Waals surface area contributed by atoms with Crippen LogP contribution < -0.4 is 14.8 Å². The monoisotopic (exact) mass is 284 g/mol. The molecule has 1 aromatic heterocycles. The number of methoxy groups -OCH3 is 1. The number of hydrogen-bond donors (Lipinski definition) is 1. The first-order chi connectivity index (χ1) is 10.3. The van der Waals surface area contributed by atoms with Gasteiger partial charge in [-0.25, -0.2) is 4.98 Å². The molecule has 0 bridgehead atoms. The van der Waals surface area contributed by atoms with Crippen molar-refractivity contribution in [2.75, 3.05) is 7.11 Å². The van der Waals surface area contributed by atoms with Gasteiger partial charge in [0.25, 0.3) is 0 Å². The van der Waals surface area contributed by atoms with Gasteiger partial charge in [-0.15, -0.1) is 0 Å². The van der Waals surface area contributed by atoms with E-state index in [1.165, 1.54) is 18.4 Å². The molecular formula is C17H20N2O2. The minimum absolute atomic E-state index is 0.455. The minimum Gasteiger partial charge on any atom is -0.489 e. The van der Waals surface area contributed by atoms with Crippen molar-refractivity contribution in [1.29, 1.82) is 0 Å². The third-order valence-electron chi connectivity index (χ3n) is 3.53. The van der Waals surface area contributed by atoms with E-state index < -0.39 is 0 Å². The van der Waals surface area contributed by atoms with Gasteiger partial charge in [0, 0.05) is 18.8 Å². The topological polar surface area (TPSA) is 43.4 Å². The Morgan fingerprint density at radius 2 is 2.00 bits per heavy atom. The first kappa shape index (κ1) is 13.9. The maximum Gasteiger partial charge on any atom is 0.219 e.